The second-order valence-electron chi connectivity index (χ2n) is 8.34. The van der Waals surface area contributed by atoms with E-state index in [1.165, 1.54) is 12.0 Å². The number of aromatic nitrogens is 1. The Kier molecular flexibility index (Phi) is 6.30. The van der Waals surface area contributed by atoms with E-state index in [1.807, 2.05) is 48.5 Å². The number of likely N-dealkylation sites (tertiary alicyclic amines) is 1. The number of nitrogen functional groups attached to an aromatic ring is 1. The molecule has 1 saturated heterocycles. The normalized spacial score (nSPS) is 16.5. The highest BCUT2D eigenvalue weighted by Crippen LogP contribution is 2.27. The van der Waals surface area contributed by atoms with Crippen molar-refractivity contribution in [3.63, 3.8) is 0 Å². The van der Waals surface area contributed by atoms with Gasteiger partial charge in [-0.05, 0) is 62.0 Å². The van der Waals surface area contributed by atoms with Crippen LogP contribution in [0.25, 0.3) is 11.1 Å². The fourth-order valence-corrected chi connectivity index (χ4v) is 3.97. The predicted octanol–water partition coefficient (Wildman–Crippen LogP) is 3.72. The van der Waals surface area contributed by atoms with Crippen molar-refractivity contribution < 1.29 is 4.79 Å². The molecule has 1 aliphatic heterocycles. The van der Waals surface area contributed by atoms with E-state index in [0.29, 0.717) is 23.0 Å². The van der Waals surface area contributed by atoms with Gasteiger partial charge in [-0.3, -0.25) is 14.7 Å². The van der Waals surface area contributed by atoms with Crippen LogP contribution in [0.5, 0.6) is 0 Å². The van der Waals surface area contributed by atoms with Gasteiger partial charge in [-0.2, -0.15) is 0 Å². The third-order valence-electron chi connectivity index (χ3n) is 5.90. The van der Waals surface area contributed by atoms with Crippen molar-refractivity contribution in [3.05, 3.63) is 78.1 Å². The third-order valence-corrected chi connectivity index (χ3v) is 5.90. The van der Waals surface area contributed by atoms with Crippen molar-refractivity contribution in [3.8, 4) is 11.1 Å². The van der Waals surface area contributed by atoms with Crippen molar-refractivity contribution >= 4 is 17.3 Å². The van der Waals surface area contributed by atoms with Crippen LogP contribution in [0.4, 0.5) is 11.4 Å². The first-order valence-electron chi connectivity index (χ1n) is 10.6. The molecule has 4 rings (SSSR count). The molecule has 1 fully saturated rings. The first-order chi connectivity index (χ1) is 15.0. The topological polar surface area (TPSA) is 74.5 Å². The summed E-state index contributed by atoms with van der Waals surface area (Å²) in [6, 6.07) is 17.9. The Morgan fingerprint density at radius 3 is 2.65 bits per heavy atom. The Hall–Kier alpha value is -3.22. The van der Waals surface area contributed by atoms with Crippen LogP contribution < -0.4 is 11.1 Å². The van der Waals surface area contributed by atoms with E-state index in [9.17, 15) is 4.79 Å². The smallest absolute Gasteiger partial charge is 0.255 e. The zero-order valence-electron chi connectivity index (χ0n) is 18.1. The highest BCUT2D eigenvalue weighted by molar-refractivity contribution is 6.06. The lowest BCUT2D eigenvalue weighted by molar-refractivity contribution is 0.102. The summed E-state index contributed by atoms with van der Waals surface area (Å²) in [5.41, 5.74) is 11.0. The zero-order chi connectivity index (χ0) is 21.8. The third kappa shape index (κ3) is 5.10. The quantitative estimate of drug-likeness (QED) is 0.600. The van der Waals surface area contributed by atoms with Gasteiger partial charge in [0.1, 0.15) is 0 Å². The summed E-state index contributed by atoms with van der Waals surface area (Å²) in [6.45, 7) is 3.10. The molecule has 0 spiro atoms. The first kappa shape index (κ1) is 21.0. The summed E-state index contributed by atoms with van der Waals surface area (Å²) in [7, 11) is 4.28. The summed E-state index contributed by atoms with van der Waals surface area (Å²) >= 11 is 0. The number of likely N-dealkylation sites (N-methyl/N-ethyl adjacent to an activating group) is 1. The van der Waals surface area contributed by atoms with Crippen LogP contribution in [0.3, 0.4) is 0 Å². The van der Waals surface area contributed by atoms with E-state index in [2.05, 4.69) is 34.2 Å². The molecule has 1 aromatic heterocycles. The van der Waals surface area contributed by atoms with Crippen LogP contribution in [0.2, 0.25) is 0 Å². The van der Waals surface area contributed by atoms with Crippen LogP contribution in [0.15, 0.2) is 67.0 Å². The number of hydrogen-bond donors (Lipinski definition) is 2. The average Bonchev–Trinajstić information content (AvgIpc) is 3.25. The molecule has 1 aliphatic rings. The van der Waals surface area contributed by atoms with Gasteiger partial charge in [-0.15, -0.1) is 0 Å². The number of nitrogens with zero attached hydrogens (tertiary/aromatic N) is 3. The highest BCUT2D eigenvalue weighted by Gasteiger charge is 2.23. The summed E-state index contributed by atoms with van der Waals surface area (Å²) in [5, 5.41) is 2.95. The monoisotopic (exact) mass is 415 g/mol. The standard InChI is InChI=1S/C25H29N5O/c1-29(2)22-11-13-30(17-22)16-18-5-7-19(8-6-18)25(31)28-24-14-20(9-10-23(24)26)21-4-3-12-27-15-21/h3-10,12,14-15,22H,11,13,16-17,26H2,1-2H3,(H,28,31)/t22-/m1/s1. The maximum Gasteiger partial charge on any atom is 0.255 e. The number of benzene rings is 2. The summed E-state index contributed by atoms with van der Waals surface area (Å²) < 4.78 is 0. The van der Waals surface area contributed by atoms with Crippen molar-refractivity contribution in [1.29, 1.82) is 0 Å². The van der Waals surface area contributed by atoms with Gasteiger partial charge >= 0.3 is 0 Å². The molecule has 0 bridgehead atoms. The Morgan fingerprint density at radius 1 is 1.16 bits per heavy atom. The number of amides is 1. The van der Waals surface area contributed by atoms with E-state index in [4.69, 9.17) is 5.73 Å². The Morgan fingerprint density at radius 2 is 1.97 bits per heavy atom. The van der Waals surface area contributed by atoms with Crippen molar-refractivity contribution in [1.82, 2.24) is 14.8 Å². The van der Waals surface area contributed by atoms with Gasteiger partial charge < -0.3 is 16.0 Å². The van der Waals surface area contributed by atoms with Gasteiger partial charge in [0.05, 0.1) is 11.4 Å². The Bertz CT molecular complexity index is 1030. The molecule has 6 nitrogen and oxygen atoms in total. The van der Waals surface area contributed by atoms with Crippen LogP contribution >= 0.6 is 0 Å². The van der Waals surface area contributed by atoms with E-state index in [-0.39, 0.29) is 5.91 Å². The number of hydrogen-bond acceptors (Lipinski definition) is 5. The molecule has 1 atom stereocenters. The minimum absolute atomic E-state index is 0.171. The van der Waals surface area contributed by atoms with Crippen LogP contribution in [-0.2, 0) is 6.54 Å². The van der Waals surface area contributed by atoms with Crippen LogP contribution in [0, 0.1) is 0 Å². The molecule has 6 heteroatoms. The number of carbonyl (C=O) groups excluding carboxylic acids is 1. The van der Waals surface area contributed by atoms with Crippen LogP contribution in [-0.4, -0.2) is 53.9 Å². The van der Waals surface area contributed by atoms with Gasteiger partial charge in [-0.25, -0.2) is 0 Å². The average molecular weight is 416 g/mol. The molecule has 3 aromatic rings. The maximum atomic E-state index is 12.8. The van der Waals surface area contributed by atoms with E-state index >= 15 is 0 Å². The first-order valence-corrected chi connectivity index (χ1v) is 10.6. The molecule has 160 valence electrons. The van der Waals surface area contributed by atoms with E-state index < -0.39 is 0 Å². The predicted molar refractivity (Wildman–Crippen MR) is 126 cm³/mol. The lowest BCUT2D eigenvalue weighted by Gasteiger charge is -2.20. The van der Waals surface area contributed by atoms with Gasteiger partial charge in [0.2, 0.25) is 0 Å². The number of anilines is 2. The van der Waals surface area contributed by atoms with Crippen molar-refractivity contribution in [2.24, 2.45) is 0 Å². The molecule has 0 radical (unpaired) electrons. The number of pyridine rings is 1. The molecule has 0 saturated carbocycles. The van der Waals surface area contributed by atoms with Gasteiger partial charge in [0, 0.05) is 49.2 Å². The zero-order valence-corrected chi connectivity index (χ0v) is 18.1. The minimum Gasteiger partial charge on any atom is -0.397 e. The fourth-order valence-electron chi connectivity index (χ4n) is 3.97. The number of nitrogens with one attached hydrogen (secondary N) is 1. The molecule has 2 heterocycles. The van der Waals surface area contributed by atoms with E-state index in [1.54, 1.807) is 18.5 Å². The Labute approximate surface area is 183 Å². The SMILES string of the molecule is CN(C)[C@@H]1CCN(Cc2ccc(C(=O)Nc3cc(-c4cccnc4)ccc3N)cc2)C1. The largest absolute Gasteiger partial charge is 0.397 e. The van der Waals surface area contributed by atoms with Crippen molar-refractivity contribution in [2.75, 3.05) is 38.2 Å². The summed E-state index contributed by atoms with van der Waals surface area (Å²) in [5.74, 6) is -0.171. The van der Waals surface area contributed by atoms with Crippen molar-refractivity contribution in [2.45, 2.75) is 19.0 Å². The second kappa shape index (κ2) is 9.29. The number of carbonyl (C=O) groups is 1. The Balaban J connectivity index is 1.41. The molecule has 1 amide bonds. The molecule has 31 heavy (non-hydrogen) atoms. The van der Waals surface area contributed by atoms with E-state index in [0.717, 1.165) is 30.8 Å². The highest BCUT2D eigenvalue weighted by atomic mass is 16.1. The molecular formula is C25H29N5O. The lowest BCUT2D eigenvalue weighted by atomic mass is 10.1. The molecule has 0 aliphatic carbocycles. The summed E-state index contributed by atoms with van der Waals surface area (Å²) in [4.78, 5) is 21.7. The van der Waals surface area contributed by atoms with Crippen LogP contribution in [0.1, 0.15) is 22.3 Å². The molecular weight excluding hydrogens is 386 g/mol. The molecule has 3 N–H and O–H groups in total. The lowest BCUT2D eigenvalue weighted by Crippen LogP contribution is -2.31. The molecule has 0 unspecified atom stereocenters. The van der Waals surface area contributed by atoms with Gasteiger partial charge in [0.25, 0.3) is 5.91 Å². The summed E-state index contributed by atoms with van der Waals surface area (Å²) in [6.07, 6.45) is 4.72. The second-order valence-corrected chi connectivity index (χ2v) is 8.34. The minimum atomic E-state index is -0.171. The van der Waals surface area contributed by atoms with Gasteiger partial charge in [0.15, 0.2) is 0 Å². The molecule has 2 aromatic carbocycles. The fraction of sp³-hybridized carbons (Fsp3) is 0.280. The number of rotatable bonds is 6. The van der Waals surface area contributed by atoms with Gasteiger partial charge in [-0.1, -0.05) is 24.3 Å². The number of nitrogens with two attached hydrogens (primary N) is 1. The maximum absolute atomic E-state index is 12.8.